The molecule has 7 nitrogen and oxygen atoms in total. The Bertz CT molecular complexity index is 1460. The average molecular weight is 539 g/mol. The molecule has 0 radical (unpaired) electrons. The molecule has 0 spiro atoms. The summed E-state index contributed by atoms with van der Waals surface area (Å²) in [5.41, 5.74) is 6.25. The second-order valence-corrected chi connectivity index (χ2v) is 13.3. The average Bonchev–Trinajstić information content (AvgIpc) is 3.32. The normalized spacial score (nSPS) is 17.2. The predicted octanol–water partition coefficient (Wildman–Crippen LogP) is 4.95. The Morgan fingerprint density at radius 2 is 1.74 bits per heavy atom. The highest BCUT2D eigenvalue weighted by molar-refractivity contribution is 7.89. The van der Waals surface area contributed by atoms with E-state index in [1.54, 1.807) is 13.8 Å². The van der Waals surface area contributed by atoms with E-state index in [4.69, 9.17) is 4.98 Å². The first-order valence-corrected chi connectivity index (χ1v) is 14.8. The van der Waals surface area contributed by atoms with Crippen LogP contribution in [0.5, 0.6) is 0 Å². The lowest BCUT2D eigenvalue weighted by Gasteiger charge is -2.32. The highest BCUT2D eigenvalue weighted by Gasteiger charge is 2.31. The Morgan fingerprint density at radius 1 is 1.05 bits per heavy atom. The number of halogens is 1. The highest BCUT2D eigenvalue weighted by Crippen LogP contribution is 2.32. The maximum absolute atomic E-state index is 13.6. The summed E-state index contributed by atoms with van der Waals surface area (Å²) in [4.78, 5) is 23.7. The van der Waals surface area contributed by atoms with Crippen LogP contribution in [0, 0.1) is 19.7 Å². The van der Waals surface area contributed by atoms with Crippen molar-refractivity contribution in [2.45, 2.75) is 64.7 Å². The molecule has 0 saturated carbocycles. The number of hydrogen-bond donors (Lipinski definition) is 1. The lowest BCUT2D eigenvalue weighted by Crippen LogP contribution is -2.39. The van der Waals surface area contributed by atoms with Crippen molar-refractivity contribution in [1.82, 2.24) is 19.2 Å². The van der Waals surface area contributed by atoms with Crippen molar-refractivity contribution in [1.29, 1.82) is 0 Å². The fourth-order valence-corrected chi connectivity index (χ4v) is 6.82. The first-order valence-electron chi connectivity index (χ1n) is 13.3. The molecule has 3 aromatic rings. The minimum atomic E-state index is -3.35. The van der Waals surface area contributed by atoms with Gasteiger partial charge in [-0.15, -0.1) is 0 Å². The van der Waals surface area contributed by atoms with Gasteiger partial charge >= 0.3 is 0 Å². The van der Waals surface area contributed by atoms with Crippen LogP contribution in [0.25, 0.3) is 11.4 Å². The lowest BCUT2D eigenvalue weighted by atomic mass is 9.89. The molecule has 1 amide bonds. The zero-order valence-corrected chi connectivity index (χ0v) is 23.2. The second-order valence-electron chi connectivity index (χ2n) is 10.8. The van der Waals surface area contributed by atoms with Gasteiger partial charge in [-0.05, 0) is 81.3 Å². The summed E-state index contributed by atoms with van der Waals surface area (Å²) in [7, 11) is -3.35. The van der Waals surface area contributed by atoms with E-state index in [2.05, 4.69) is 4.98 Å². The molecule has 0 bridgehead atoms. The van der Waals surface area contributed by atoms with E-state index in [0.29, 0.717) is 43.4 Å². The summed E-state index contributed by atoms with van der Waals surface area (Å²) in [5.74, 6) is 0.761. The van der Waals surface area contributed by atoms with Crippen LogP contribution < -0.4 is 0 Å². The standard InChI is InChI=1S/C29H35FN4O3S/c1-18(2)38(36,37)34-14-11-26-27(17-34)32-28(31-26)24-16-25(20(4)15-19(24)3)29(35)33-12-9-22(10-13-33)21-5-7-23(30)8-6-21/h5-8,15-16,18,22H,9-14,17H2,1-4H3,(H,31,32). The number of likely N-dealkylation sites (tertiary alicyclic amines) is 1. The molecular formula is C29H35FN4O3S. The Balaban J connectivity index is 1.35. The van der Waals surface area contributed by atoms with Crippen LogP contribution in [0.2, 0.25) is 0 Å². The summed E-state index contributed by atoms with van der Waals surface area (Å²) in [6.45, 7) is 9.35. The van der Waals surface area contributed by atoms with Gasteiger partial charge in [0.2, 0.25) is 10.0 Å². The van der Waals surface area contributed by atoms with E-state index in [1.807, 2.05) is 43.0 Å². The van der Waals surface area contributed by atoms with Crippen LogP contribution in [0.3, 0.4) is 0 Å². The van der Waals surface area contributed by atoms with E-state index in [1.165, 1.54) is 16.4 Å². The van der Waals surface area contributed by atoms with Gasteiger partial charge < -0.3 is 9.88 Å². The number of H-pyrrole nitrogens is 1. The van der Waals surface area contributed by atoms with Crippen molar-refractivity contribution < 1.29 is 17.6 Å². The minimum Gasteiger partial charge on any atom is -0.341 e. The van der Waals surface area contributed by atoms with Crippen LogP contribution in [-0.4, -0.2) is 58.4 Å². The van der Waals surface area contributed by atoms with Crippen LogP contribution >= 0.6 is 0 Å². The number of aromatic nitrogens is 2. The fraction of sp³-hybridized carbons (Fsp3) is 0.448. The molecule has 1 saturated heterocycles. The second kappa shape index (κ2) is 10.3. The van der Waals surface area contributed by atoms with Crippen molar-refractivity contribution in [3.05, 3.63) is 75.9 Å². The number of nitrogens with one attached hydrogen (secondary N) is 1. The molecule has 2 aliphatic rings. The van der Waals surface area contributed by atoms with E-state index in [0.717, 1.165) is 46.5 Å². The lowest BCUT2D eigenvalue weighted by molar-refractivity contribution is 0.0712. The van der Waals surface area contributed by atoms with Crippen LogP contribution in [0.4, 0.5) is 4.39 Å². The smallest absolute Gasteiger partial charge is 0.254 e. The molecular weight excluding hydrogens is 503 g/mol. The number of imidazole rings is 1. The number of piperidine rings is 1. The number of nitrogens with zero attached hydrogens (tertiary/aromatic N) is 3. The number of carbonyl (C=O) groups is 1. The molecule has 1 N–H and O–H groups in total. The predicted molar refractivity (Wildman–Crippen MR) is 146 cm³/mol. The third-order valence-corrected chi connectivity index (χ3v) is 10.2. The van der Waals surface area contributed by atoms with Gasteiger partial charge in [-0.3, -0.25) is 4.79 Å². The fourth-order valence-electron chi connectivity index (χ4n) is 5.57. The maximum atomic E-state index is 13.6. The van der Waals surface area contributed by atoms with Crippen molar-refractivity contribution >= 4 is 15.9 Å². The SMILES string of the molecule is Cc1cc(C)c(-c2nc3c([nH]2)CN(S(=O)(=O)C(C)C)CC3)cc1C(=O)N1CCC(c2ccc(F)cc2)CC1. The summed E-state index contributed by atoms with van der Waals surface area (Å²) < 4.78 is 40.2. The molecule has 2 aromatic carbocycles. The van der Waals surface area contributed by atoms with Gasteiger partial charge in [0, 0.05) is 37.2 Å². The Morgan fingerprint density at radius 3 is 2.39 bits per heavy atom. The van der Waals surface area contributed by atoms with Crippen LogP contribution in [0.1, 0.15) is 71.0 Å². The molecule has 0 aliphatic carbocycles. The first-order chi connectivity index (χ1) is 18.0. The molecule has 0 unspecified atom stereocenters. The highest BCUT2D eigenvalue weighted by atomic mass is 32.2. The van der Waals surface area contributed by atoms with Crippen molar-refractivity contribution in [3.63, 3.8) is 0 Å². The molecule has 1 aromatic heterocycles. The topological polar surface area (TPSA) is 86.4 Å². The van der Waals surface area contributed by atoms with Crippen LogP contribution in [0.15, 0.2) is 36.4 Å². The van der Waals surface area contributed by atoms with Gasteiger partial charge in [0.1, 0.15) is 11.6 Å². The number of benzene rings is 2. The minimum absolute atomic E-state index is 0.00632. The number of amides is 1. The Hall–Kier alpha value is -3.04. The third kappa shape index (κ3) is 5.01. The summed E-state index contributed by atoms with van der Waals surface area (Å²) in [6.07, 6.45) is 2.24. The first kappa shape index (κ1) is 26.6. The molecule has 0 atom stereocenters. The van der Waals surface area contributed by atoms with Gasteiger partial charge in [0.05, 0.1) is 23.2 Å². The number of sulfonamides is 1. The maximum Gasteiger partial charge on any atom is 0.254 e. The van der Waals surface area contributed by atoms with E-state index in [9.17, 15) is 17.6 Å². The van der Waals surface area contributed by atoms with Crippen molar-refractivity contribution in [3.8, 4) is 11.4 Å². The zero-order chi connectivity index (χ0) is 27.2. The van der Waals surface area contributed by atoms with Crippen LogP contribution in [-0.2, 0) is 23.0 Å². The van der Waals surface area contributed by atoms with Crippen molar-refractivity contribution in [2.75, 3.05) is 19.6 Å². The largest absolute Gasteiger partial charge is 0.341 e. The molecule has 202 valence electrons. The van der Waals surface area contributed by atoms with Gasteiger partial charge in [-0.2, -0.15) is 4.31 Å². The molecule has 5 rings (SSSR count). The van der Waals surface area contributed by atoms with Gasteiger partial charge in [-0.1, -0.05) is 18.2 Å². The summed E-state index contributed by atoms with van der Waals surface area (Å²) in [6, 6.07) is 10.6. The number of aryl methyl sites for hydroxylation is 2. The Kier molecular flexibility index (Phi) is 7.17. The van der Waals surface area contributed by atoms with Gasteiger partial charge in [0.15, 0.2) is 0 Å². The van der Waals surface area contributed by atoms with E-state index in [-0.39, 0.29) is 18.3 Å². The van der Waals surface area contributed by atoms with E-state index >= 15 is 0 Å². The molecule has 2 aliphatic heterocycles. The molecule has 9 heteroatoms. The van der Waals surface area contributed by atoms with Gasteiger partial charge in [-0.25, -0.2) is 17.8 Å². The Labute approximate surface area is 224 Å². The summed E-state index contributed by atoms with van der Waals surface area (Å²) >= 11 is 0. The molecule has 38 heavy (non-hydrogen) atoms. The number of rotatable bonds is 5. The zero-order valence-electron chi connectivity index (χ0n) is 22.4. The van der Waals surface area contributed by atoms with E-state index < -0.39 is 15.3 Å². The summed E-state index contributed by atoms with van der Waals surface area (Å²) in [5, 5.41) is -0.472. The molecule has 3 heterocycles. The van der Waals surface area contributed by atoms with Crippen molar-refractivity contribution in [2.24, 2.45) is 0 Å². The number of carbonyl (C=O) groups excluding carboxylic acids is 1. The number of fused-ring (bicyclic) bond motifs is 1. The quantitative estimate of drug-likeness (QED) is 0.498. The van der Waals surface area contributed by atoms with Gasteiger partial charge in [0.25, 0.3) is 5.91 Å². The molecule has 1 fully saturated rings. The monoisotopic (exact) mass is 538 g/mol. The number of hydrogen-bond acceptors (Lipinski definition) is 4. The number of aromatic amines is 1. The third-order valence-electron chi connectivity index (χ3n) is 7.93.